The predicted molar refractivity (Wildman–Crippen MR) is 79.6 cm³/mol. The molecule has 0 amide bonds. The van der Waals surface area contributed by atoms with Crippen LogP contribution in [-0.4, -0.2) is 33.6 Å². The first-order chi connectivity index (χ1) is 9.49. The zero-order valence-corrected chi connectivity index (χ0v) is 12.6. The second-order valence-corrected chi connectivity index (χ2v) is 6.45. The quantitative estimate of drug-likeness (QED) is 0.921. The molecule has 0 aromatic carbocycles. The van der Waals surface area contributed by atoms with Crippen LogP contribution in [0.3, 0.4) is 0 Å². The van der Waals surface area contributed by atoms with Crippen molar-refractivity contribution in [2.24, 2.45) is 0 Å². The first-order valence-electron chi connectivity index (χ1n) is 6.73. The van der Waals surface area contributed by atoms with Gasteiger partial charge in [-0.05, 0) is 39.2 Å². The molecule has 0 bridgehead atoms. The van der Waals surface area contributed by atoms with Gasteiger partial charge in [-0.2, -0.15) is 0 Å². The average molecular weight is 291 g/mol. The highest BCUT2D eigenvalue weighted by Crippen LogP contribution is 2.37. The maximum Gasteiger partial charge on any atom is 0.326 e. The van der Waals surface area contributed by atoms with Gasteiger partial charge in [0.2, 0.25) is 0 Å². The molecule has 3 rings (SSSR count). The number of anilines is 1. The van der Waals surface area contributed by atoms with Crippen molar-refractivity contribution in [1.82, 2.24) is 9.97 Å². The molecule has 1 saturated heterocycles. The summed E-state index contributed by atoms with van der Waals surface area (Å²) >= 11 is 1.65. The lowest BCUT2D eigenvalue weighted by atomic mass is 10.2. The summed E-state index contributed by atoms with van der Waals surface area (Å²) in [6.07, 6.45) is 1.58. The van der Waals surface area contributed by atoms with Crippen LogP contribution in [-0.2, 0) is 4.79 Å². The van der Waals surface area contributed by atoms with Crippen LogP contribution in [0, 0.1) is 20.8 Å². The van der Waals surface area contributed by atoms with Gasteiger partial charge in [0.1, 0.15) is 22.5 Å². The molecule has 6 heteroatoms. The van der Waals surface area contributed by atoms with Crippen LogP contribution in [0.25, 0.3) is 10.2 Å². The van der Waals surface area contributed by atoms with Crippen molar-refractivity contribution in [3.05, 3.63) is 16.3 Å². The Balaban J connectivity index is 2.22. The molecule has 2 aromatic heterocycles. The molecular weight excluding hydrogens is 274 g/mol. The van der Waals surface area contributed by atoms with E-state index in [1.165, 1.54) is 4.88 Å². The van der Waals surface area contributed by atoms with E-state index in [-0.39, 0.29) is 0 Å². The molecular formula is C14H17N3O2S. The number of aryl methyl sites for hydroxylation is 3. The van der Waals surface area contributed by atoms with Crippen LogP contribution in [0.15, 0.2) is 0 Å². The first-order valence-corrected chi connectivity index (χ1v) is 7.54. The molecule has 0 saturated carbocycles. The number of carboxylic acids is 1. The summed E-state index contributed by atoms with van der Waals surface area (Å²) in [6, 6.07) is -0.466. The van der Waals surface area contributed by atoms with Crippen molar-refractivity contribution in [3.8, 4) is 0 Å². The molecule has 1 atom stereocenters. The van der Waals surface area contributed by atoms with Gasteiger partial charge in [0.15, 0.2) is 0 Å². The molecule has 0 aliphatic carbocycles. The zero-order chi connectivity index (χ0) is 14.4. The lowest BCUT2D eigenvalue weighted by Crippen LogP contribution is -2.36. The van der Waals surface area contributed by atoms with Crippen LogP contribution >= 0.6 is 11.3 Å². The van der Waals surface area contributed by atoms with Gasteiger partial charge in [0.25, 0.3) is 0 Å². The molecule has 0 unspecified atom stereocenters. The summed E-state index contributed by atoms with van der Waals surface area (Å²) in [5, 5.41) is 10.4. The van der Waals surface area contributed by atoms with E-state index in [1.807, 2.05) is 11.8 Å². The lowest BCUT2D eigenvalue weighted by Gasteiger charge is -2.23. The SMILES string of the molecule is Cc1nc(N2CCC[C@@H]2C(=O)O)c2c(C)c(C)sc2n1. The van der Waals surface area contributed by atoms with Gasteiger partial charge in [-0.15, -0.1) is 11.3 Å². The van der Waals surface area contributed by atoms with E-state index >= 15 is 0 Å². The fraction of sp³-hybridized carbons (Fsp3) is 0.500. The Morgan fingerprint density at radius 1 is 1.35 bits per heavy atom. The molecule has 1 fully saturated rings. The number of nitrogens with zero attached hydrogens (tertiary/aromatic N) is 3. The highest BCUT2D eigenvalue weighted by molar-refractivity contribution is 7.18. The number of fused-ring (bicyclic) bond motifs is 1. The van der Waals surface area contributed by atoms with Gasteiger partial charge in [-0.1, -0.05) is 0 Å². The second kappa shape index (κ2) is 4.70. The second-order valence-electron chi connectivity index (χ2n) is 5.25. The van der Waals surface area contributed by atoms with Gasteiger partial charge in [-0.3, -0.25) is 0 Å². The Morgan fingerprint density at radius 3 is 2.80 bits per heavy atom. The van der Waals surface area contributed by atoms with Crippen molar-refractivity contribution >= 4 is 33.3 Å². The van der Waals surface area contributed by atoms with E-state index in [0.29, 0.717) is 12.2 Å². The fourth-order valence-corrected chi connectivity index (χ4v) is 3.89. The number of hydrogen-bond acceptors (Lipinski definition) is 5. The highest BCUT2D eigenvalue weighted by Gasteiger charge is 2.33. The summed E-state index contributed by atoms with van der Waals surface area (Å²) in [6.45, 7) is 6.73. The van der Waals surface area contributed by atoms with E-state index in [9.17, 15) is 9.90 Å². The summed E-state index contributed by atoms with van der Waals surface area (Å²) in [4.78, 5) is 24.6. The Morgan fingerprint density at radius 2 is 2.10 bits per heavy atom. The van der Waals surface area contributed by atoms with Crippen molar-refractivity contribution < 1.29 is 9.90 Å². The van der Waals surface area contributed by atoms with Gasteiger partial charge >= 0.3 is 5.97 Å². The maximum absolute atomic E-state index is 11.4. The van der Waals surface area contributed by atoms with E-state index in [2.05, 4.69) is 23.8 Å². The van der Waals surface area contributed by atoms with Crippen LogP contribution in [0.2, 0.25) is 0 Å². The van der Waals surface area contributed by atoms with Crippen LogP contribution in [0.1, 0.15) is 29.1 Å². The molecule has 1 aliphatic rings. The maximum atomic E-state index is 11.4. The van der Waals surface area contributed by atoms with Gasteiger partial charge < -0.3 is 10.0 Å². The van der Waals surface area contributed by atoms with Crippen molar-refractivity contribution in [1.29, 1.82) is 0 Å². The lowest BCUT2D eigenvalue weighted by molar-refractivity contribution is -0.138. The smallest absolute Gasteiger partial charge is 0.326 e. The van der Waals surface area contributed by atoms with Gasteiger partial charge in [0.05, 0.1) is 5.39 Å². The van der Waals surface area contributed by atoms with E-state index in [1.54, 1.807) is 11.3 Å². The highest BCUT2D eigenvalue weighted by atomic mass is 32.1. The number of carboxylic acid groups (broad SMARTS) is 1. The summed E-state index contributed by atoms with van der Waals surface area (Å²) in [5.41, 5.74) is 1.16. The number of hydrogen-bond donors (Lipinski definition) is 1. The van der Waals surface area contributed by atoms with Crippen LogP contribution in [0.5, 0.6) is 0 Å². The summed E-state index contributed by atoms with van der Waals surface area (Å²) in [5.74, 6) is 0.723. The molecule has 2 aromatic rings. The third kappa shape index (κ3) is 1.95. The third-order valence-corrected chi connectivity index (χ3v) is 5.03. The molecule has 5 nitrogen and oxygen atoms in total. The van der Waals surface area contributed by atoms with Crippen molar-refractivity contribution in [2.45, 2.75) is 39.7 Å². The minimum atomic E-state index is -0.767. The normalized spacial score (nSPS) is 18.9. The zero-order valence-electron chi connectivity index (χ0n) is 11.8. The monoisotopic (exact) mass is 291 g/mol. The Labute approximate surface area is 121 Å². The van der Waals surface area contributed by atoms with E-state index in [0.717, 1.165) is 34.6 Å². The minimum Gasteiger partial charge on any atom is -0.480 e. The molecule has 0 radical (unpaired) electrons. The number of thiophene rings is 1. The molecule has 106 valence electrons. The predicted octanol–water partition coefficient (Wildman–Crippen LogP) is 2.67. The molecule has 20 heavy (non-hydrogen) atoms. The number of aliphatic carboxylic acids is 1. The fourth-order valence-electron chi connectivity index (χ4n) is 2.82. The number of rotatable bonds is 2. The topological polar surface area (TPSA) is 66.3 Å². The van der Waals surface area contributed by atoms with Crippen LogP contribution in [0.4, 0.5) is 5.82 Å². The first kappa shape index (κ1) is 13.3. The number of aromatic nitrogens is 2. The third-order valence-electron chi connectivity index (χ3n) is 3.93. The minimum absolute atomic E-state index is 0.466. The average Bonchev–Trinajstić information content (AvgIpc) is 2.95. The largest absolute Gasteiger partial charge is 0.480 e. The summed E-state index contributed by atoms with van der Waals surface area (Å²) < 4.78 is 0. The van der Waals surface area contributed by atoms with Crippen LogP contribution < -0.4 is 4.90 Å². The molecule has 3 heterocycles. The van der Waals surface area contributed by atoms with E-state index < -0.39 is 12.0 Å². The molecule has 1 aliphatic heterocycles. The molecule has 0 spiro atoms. The molecule has 1 N–H and O–H groups in total. The van der Waals surface area contributed by atoms with E-state index in [4.69, 9.17) is 0 Å². The Hall–Kier alpha value is -1.69. The van der Waals surface area contributed by atoms with Crippen molar-refractivity contribution in [3.63, 3.8) is 0 Å². The Bertz CT molecular complexity index is 695. The number of carbonyl (C=O) groups is 1. The standard InChI is InChI=1S/C14H17N3O2S/c1-7-8(2)20-13-11(7)12(15-9(3)16-13)17-6-4-5-10(17)14(18)19/h10H,4-6H2,1-3H3,(H,18,19)/t10-/m1/s1. The Kier molecular flexibility index (Phi) is 3.12. The van der Waals surface area contributed by atoms with Crippen molar-refractivity contribution in [2.75, 3.05) is 11.4 Å². The summed E-state index contributed by atoms with van der Waals surface area (Å²) in [7, 11) is 0. The van der Waals surface area contributed by atoms with Gasteiger partial charge in [-0.25, -0.2) is 14.8 Å². The van der Waals surface area contributed by atoms with Gasteiger partial charge in [0, 0.05) is 11.4 Å².